The van der Waals surface area contributed by atoms with Crippen LogP contribution in [0.15, 0.2) is 41.6 Å². The first-order valence-electron chi connectivity index (χ1n) is 6.54. The topological polar surface area (TPSA) is 42.0 Å². The molecule has 3 nitrogen and oxygen atoms in total. The highest BCUT2D eigenvalue weighted by Crippen LogP contribution is 2.27. The monoisotopic (exact) mass is 360 g/mol. The standard InChI is InChI=1S/C15H12ClF3N2OS/c1-8(9-4-5-12(17)11(16)7-9)21-13(22)10-3-2-6-20-14(10)23-15(18)19/h2-8,15H,1H3,(H,21,22). The number of thioether (sulfide) groups is 1. The fraction of sp³-hybridized carbons (Fsp3) is 0.200. The molecule has 2 aromatic rings. The minimum Gasteiger partial charge on any atom is -0.345 e. The lowest BCUT2D eigenvalue weighted by atomic mass is 10.1. The highest BCUT2D eigenvalue weighted by Gasteiger charge is 2.19. The molecule has 0 fully saturated rings. The van der Waals surface area contributed by atoms with Crippen LogP contribution >= 0.6 is 23.4 Å². The number of carbonyl (C=O) groups is 1. The predicted octanol–water partition coefficient (Wildman–Crippen LogP) is 4.68. The Bertz CT molecular complexity index is 715. The number of rotatable bonds is 5. The van der Waals surface area contributed by atoms with Crippen molar-refractivity contribution in [3.05, 3.63) is 58.5 Å². The molecule has 2 rings (SSSR count). The molecule has 0 saturated carbocycles. The second-order valence-corrected chi connectivity index (χ2v) is 5.99. The van der Waals surface area contributed by atoms with Crippen molar-refractivity contribution in [3.63, 3.8) is 0 Å². The van der Waals surface area contributed by atoms with Gasteiger partial charge < -0.3 is 5.32 Å². The largest absolute Gasteiger partial charge is 0.345 e. The van der Waals surface area contributed by atoms with E-state index in [0.717, 1.165) is 0 Å². The van der Waals surface area contributed by atoms with Gasteiger partial charge in [-0.25, -0.2) is 9.37 Å². The Morgan fingerprint density at radius 2 is 2.09 bits per heavy atom. The summed E-state index contributed by atoms with van der Waals surface area (Å²) in [6.07, 6.45) is 1.34. The van der Waals surface area contributed by atoms with E-state index in [4.69, 9.17) is 11.6 Å². The molecule has 1 heterocycles. The second-order valence-electron chi connectivity index (χ2n) is 4.60. The lowest BCUT2D eigenvalue weighted by molar-refractivity contribution is 0.0936. The number of benzene rings is 1. The number of hydrogen-bond acceptors (Lipinski definition) is 3. The van der Waals surface area contributed by atoms with Gasteiger partial charge >= 0.3 is 0 Å². The van der Waals surface area contributed by atoms with Crippen LogP contribution in [0.2, 0.25) is 5.02 Å². The molecule has 0 aliphatic heterocycles. The van der Waals surface area contributed by atoms with Gasteiger partial charge in [-0.3, -0.25) is 4.79 Å². The Balaban J connectivity index is 2.16. The van der Waals surface area contributed by atoms with Gasteiger partial charge in [0.1, 0.15) is 10.8 Å². The quantitative estimate of drug-likeness (QED) is 0.787. The predicted molar refractivity (Wildman–Crippen MR) is 83.4 cm³/mol. The lowest BCUT2D eigenvalue weighted by Gasteiger charge is -2.16. The van der Waals surface area contributed by atoms with Gasteiger partial charge in [-0.05, 0) is 48.5 Å². The van der Waals surface area contributed by atoms with Gasteiger partial charge in [0.25, 0.3) is 11.7 Å². The summed E-state index contributed by atoms with van der Waals surface area (Å²) in [5.74, 6) is -3.78. The molecule has 1 amide bonds. The molecule has 0 radical (unpaired) electrons. The van der Waals surface area contributed by atoms with E-state index < -0.39 is 23.5 Å². The highest BCUT2D eigenvalue weighted by atomic mass is 35.5. The summed E-state index contributed by atoms with van der Waals surface area (Å²) in [6, 6.07) is 6.51. The van der Waals surface area contributed by atoms with Gasteiger partial charge in [-0.2, -0.15) is 8.78 Å². The fourth-order valence-electron chi connectivity index (χ4n) is 1.88. The van der Waals surface area contributed by atoms with Crippen molar-refractivity contribution in [1.29, 1.82) is 0 Å². The number of nitrogens with zero attached hydrogens (tertiary/aromatic N) is 1. The Hall–Kier alpha value is -1.73. The first-order valence-corrected chi connectivity index (χ1v) is 7.80. The van der Waals surface area contributed by atoms with Crippen LogP contribution in [-0.4, -0.2) is 16.6 Å². The Kier molecular flexibility index (Phi) is 5.90. The minimum absolute atomic E-state index is 0.0515. The average molecular weight is 361 g/mol. The van der Waals surface area contributed by atoms with Crippen LogP contribution in [0.25, 0.3) is 0 Å². The summed E-state index contributed by atoms with van der Waals surface area (Å²) >= 11 is 5.91. The molecule has 1 N–H and O–H groups in total. The van der Waals surface area contributed by atoms with Gasteiger partial charge in [-0.1, -0.05) is 17.7 Å². The number of amides is 1. The number of aromatic nitrogens is 1. The van der Waals surface area contributed by atoms with Crippen LogP contribution < -0.4 is 5.32 Å². The van der Waals surface area contributed by atoms with Crippen molar-refractivity contribution in [2.45, 2.75) is 23.7 Å². The van der Waals surface area contributed by atoms with Gasteiger partial charge in [0.2, 0.25) is 0 Å². The van der Waals surface area contributed by atoms with E-state index in [2.05, 4.69) is 10.3 Å². The van der Waals surface area contributed by atoms with Crippen LogP contribution in [0.4, 0.5) is 13.2 Å². The molecule has 122 valence electrons. The number of nitrogens with one attached hydrogen (secondary N) is 1. The molecule has 1 atom stereocenters. The molecule has 0 spiro atoms. The SMILES string of the molecule is CC(NC(=O)c1cccnc1SC(F)F)c1ccc(F)c(Cl)c1. The Labute approximate surface area is 140 Å². The number of alkyl halides is 2. The zero-order valence-corrected chi connectivity index (χ0v) is 13.5. The summed E-state index contributed by atoms with van der Waals surface area (Å²) in [4.78, 5) is 16.1. The van der Waals surface area contributed by atoms with E-state index in [0.29, 0.717) is 5.56 Å². The van der Waals surface area contributed by atoms with Crippen molar-refractivity contribution >= 4 is 29.3 Å². The van der Waals surface area contributed by atoms with Crippen LogP contribution in [0, 0.1) is 5.82 Å². The molecular formula is C15H12ClF3N2OS. The van der Waals surface area contributed by atoms with Gasteiger partial charge in [0.15, 0.2) is 0 Å². The van der Waals surface area contributed by atoms with Crippen LogP contribution in [0.1, 0.15) is 28.9 Å². The normalized spacial score (nSPS) is 12.3. The molecule has 0 saturated heterocycles. The second kappa shape index (κ2) is 7.70. The summed E-state index contributed by atoms with van der Waals surface area (Å²) < 4.78 is 38.2. The molecule has 0 aliphatic rings. The van der Waals surface area contributed by atoms with Crippen molar-refractivity contribution in [3.8, 4) is 0 Å². The van der Waals surface area contributed by atoms with E-state index >= 15 is 0 Å². The van der Waals surface area contributed by atoms with E-state index in [1.165, 1.54) is 36.5 Å². The maximum atomic E-state index is 13.2. The van der Waals surface area contributed by atoms with E-state index in [1.54, 1.807) is 6.92 Å². The highest BCUT2D eigenvalue weighted by molar-refractivity contribution is 7.99. The van der Waals surface area contributed by atoms with Gasteiger partial charge in [0, 0.05) is 6.20 Å². The Morgan fingerprint density at radius 3 is 2.74 bits per heavy atom. The maximum absolute atomic E-state index is 13.2. The first-order chi connectivity index (χ1) is 10.9. The van der Waals surface area contributed by atoms with Gasteiger partial charge in [0.05, 0.1) is 16.6 Å². The zero-order chi connectivity index (χ0) is 17.0. The van der Waals surface area contributed by atoms with Crippen molar-refractivity contribution in [2.24, 2.45) is 0 Å². The average Bonchev–Trinajstić information content (AvgIpc) is 2.49. The first kappa shape index (κ1) is 17.6. The van der Waals surface area contributed by atoms with Crippen LogP contribution in [-0.2, 0) is 0 Å². The summed E-state index contributed by atoms with van der Waals surface area (Å²) in [6.45, 7) is 1.68. The lowest BCUT2D eigenvalue weighted by Crippen LogP contribution is -2.27. The third-order valence-corrected chi connectivity index (χ3v) is 4.02. The zero-order valence-electron chi connectivity index (χ0n) is 11.9. The van der Waals surface area contributed by atoms with Crippen molar-refractivity contribution < 1.29 is 18.0 Å². The molecular weight excluding hydrogens is 349 g/mol. The summed E-state index contributed by atoms with van der Waals surface area (Å²) in [5.41, 5.74) is 0.648. The summed E-state index contributed by atoms with van der Waals surface area (Å²) in [7, 11) is 0. The number of pyridine rings is 1. The third kappa shape index (κ3) is 4.62. The number of hydrogen-bond donors (Lipinski definition) is 1. The smallest absolute Gasteiger partial charge is 0.290 e. The van der Waals surface area contributed by atoms with E-state index in [1.807, 2.05) is 0 Å². The maximum Gasteiger partial charge on any atom is 0.290 e. The third-order valence-electron chi connectivity index (χ3n) is 3.01. The van der Waals surface area contributed by atoms with Crippen molar-refractivity contribution in [1.82, 2.24) is 10.3 Å². The Morgan fingerprint density at radius 1 is 1.35 bits per heavy atom. The van der Waals surface area contributed by atoms with Crippen LogP contribution in [0.3, 0.4) is 0 Å². The summed E-state index contributed by atoms with van der Waals surface area (Å²) in [5, 5.41) is 2.55. The molecule has 1 aromatic carbocycles. The molecule has 1 aromatic heterocycles. The minimum atomic E-state index is -2.68. The van der Waals surface area contributed by atoms with Crippen molar-refractivity contribution in [2.75, 3.05) is 0 Å². The molecule has 0 bridgehead atoms. The molecule has 0 aliphatic carbocycles. The number of carbonyl (C=O) groups excluding carboxylic acids is 1. The molecule has 23 heavy (non-hydrogen) atoms. The fourth-order valence-corrected chi connectivity index (χ4v) is 2.65. The van der Waals surface area contributed by atoms with Gasteiger partial charge in [-0.15, -0.1) is 0 Å². The molecule has 1 unspecified atom stereocenters. The van der Waals surface area contributed by atoms with E-state index in [9.17, 15) is 18.0 Å². The number of halogens is 4. The molecule has 8 heteroatoms. The van der Waals surface area contributed by atoms with Crippen LogP contribution in [0.5, 0.6) is 0 Å². The van der Waals surface area contributed by atoms with E-state index in [-0.39, 0.29) is 27.4 Å².